The van der Waals surface area contributed by atoms with Gasteiger partial charge in [-0.3, -0.25) is 4.79 Å². The number of carbonyl (C=O) groups excluding carboxylic acids is 1. The molecular formula is C15H15NO3S2. The third kappa shape index (κ3) is 5.24. The third-order valence-corrected chi connectivity index (χ3v) is 4.76. The van der Waals surface area contributed by atoms with Gasteiger partial charge in [-0.1, -0.05) is 18.2 Å². The van der Waals surface area contributed by atoms with E-state index in [0.29, 0.717) is 12.3 Å². The topological polar surface area (TPSA) is 66.4 Å². The highest BCUT2D eigenvalue weighted by atomic mass is 32.2. The van der Waals surface area contributed by atoms with E-state index in [0.717, 1.165) is 11.3 Å². The van der Waals surface area contributed by atoms with Gasteiger partial charge < -0.3 is 10.4 Å². The Morgan fingerprint density at radius 1 is 1.24 bits per heavy atom. The van der Waals surface area contributed by atoms with Gasteiger partial charge in [0.1, 0.15) is 0 Å². The fourth-order valence-corrected chi connectivity index (χ4v) is 3.40. The van der Waals surface area contributed by atoms with Crippen LogP contribution in [-0.4, -0.2) is 22.7 Å². The predicted octanol–water partition coefficient (Wildman–Crippen LogP) is 3.00. The van der Waals surface area contributed by atoms with Crippen LogP contribution >= 0.6 is 23.1 Å². The number of hydrogen-bond acceptors (Lipinski definition) is 4. The summed E-state index contributed by atoms with van der Waals surface area (Å²) in [6.07, 6.45) is 0. The number of carboxylic acid groups (broad SMARTS) is 1. The zero-order valence-corrected chi connectivity index (χ0v) is 12.9. The summed E-state index contributed by atoms with van der Waals surface area (Å²) in [5, 5.41) is 13.7. The van der Waals surface area contributed by atoms with E-state index in [1.807, 2.05) is 17.5 Å². The van der Waals surface area contributed by atoms with Crippen LogP contribution in [0, 0.1) is 0 Å². The second-order valence-corrected chi connectivity index (χ2v) is 6.37. The van der Waals surface area contributed by atoms with Crippen LogP contribution in [-0.2, 0) is 17.1 Å². The zero-order chi connectivity index (χ0) is 15.1. The largest absolute Gasteiger partial charge is 0.478 e. The van der Waals surface area contributed by atoms with Gasteiger partial charge in [0.15, 0.2) is 0 Å². The summed E-state index contributed by atoms with van der Waals surface area (Å²) in [5.74, 6) is 0.225. The van der Waals surface area contributed by atoms with Crippen LogP contribution in [0.4, 0.5) is 0 Å². The van der Waals surface area contributed by atoms with Gasteiger partial charge in [-0.15, -0.1) is 23.1 Å². The number of rotatable bonds is 7. The molecule has 4 nitrogen and oxygen atoms in total. The van der Waals surface area contributed by atoms with Crippen molar-refractivity contribution in [3.8, 4) is 0 Å². The van der Waals surface area contributed by atoms with E-state index < -0.39 is 5.97 Å². The van der Waals surface area contributed by atoms with E-state index in [1.165, 1.54) is 10.9 Å². The van der Waals surface area contributed by atoms with E-state index >= 15 is 0 Å². The van der Waals surface area contributed by atoms with E-state index in [1.54, 1.807) is 41.3 Å². The maximum atomic E-state index is 11.7. The Hall–Kier alpha value is -1.79. The van der Waals surface area contributed by atoms with E-state index in [9.17, 15) is 9.59 Å². The van der Waals surface area contributed by atoms with Crippen LogP contribution in [0.1, 0.15) is 20.8 Å². The van der Waals surface area contributed by atoms with E-state index in [4.69, 9.17) is 5.11 Å². The molecule has 2 rings (SSSR count). The monoisotopic (exact) mass is 321 g/mol. The highest BCUT2D eigenvalue weighted by Crippen LogP contribution is 2.16. The van der Waals surface area contributed by atoms with E-state index in [2.05, 4.69) is 5.32 Å². The minimum Gasteiger partial charge on any atom is -0.478 e. The molecule has 1 aromatic carbocycles. The molecule has 0 bridgehead atoms. The van der Waals surface area contributed by atoms with Gasteiger partial charge in [0, 0.05) is 17.2 Å². The lowest BCUT2D eigenvalue weighted by atomic mass is 10.1. The summed E-state index contributed by atoms with van der Waals surface area (Å²) < 4.78 is 0. The first-order chi connectivity index (χ1) is 10.1. The first-order valence-electron chi connectivity index (χ1n) is 6.34. The molecule has 0 radical (unpaired) electrons. The lowest BCUT2D eigenvalue weighted by Crippen LogP contribution is -2.24. The molecular weight excluding hydrogens is 306 g/mol. The van der Waals surface area contributed by atoms with Crippen LogP contribution in [0.15, 0.2) is 41.8 Å². The normalized spacial score (nSPS) is 10.3. The second-order valence-electron chi connectivity index (χ2n) is 4.35. The van der Waals surface area contributed by atoms with Gasteiger partial charge >= 0.3 is 5.97 Å². The molecule has 2 aromatic rings. The molecule has 0 saturated carbocycles. The molecule has 1 amide bonds. The number of aromatic carboxylic acids is 1. The number of carbonyl (C=O) groups is 2. The molecule has 0 fully saturated rings. The molecule has 6 heteroatoms. The lowest BCUT2D eigenvalue weighted by Gasteiger charge is -2.06. The molecule has 0 saturated heterocycles. The van der Waals surface area contributed by atoms with Gasteiger partial charge in [0.05, 0.1) is 11.3 Å². The molecule has 2 N–H and O–H groups in total. The average molecular weight is 321 g/mol. The van der Waals surface area contributed by atoms with Crippen molar-refractivity contribution in [3.05, 3.63) is 57.8 Å². The van der Waals surface area contributed by atoms with Crippen molar-refractivity contribution < 1.29 is 14.7 Å². The molecule has 0 spiro atoms. The van der Waals surface area contributed by atoms with Crippen molar-refractivity contribution in [2.24, 2.45) is 0 Å². The summed E-state index contributed by atoms with van der Waals surface area (Å²) in [6, 6.07) is 10.6. The summed E-state index contributed by atoms with van der Waals surface area (Å²) in [6.45, 7) is 0.347. The first-order valence-corrected chi connectivity index (χ1v) is 8.37. The van der Waals surface area contributed by atoms with Crippen molar-refractivity contribution in [3.63, 3.8) is 0 Å². The lowest BCUT2D eigenvalue weighted by molar-refractivity contribution is -0.118. The molecule has 1 aromatic heterocycles. The zero-order valence-electron chi connectivity index (χ0n) is 11.2. The van der Waals surface area contributed by atoms with Crippen molar-refractivity contribution in [1.82, 2.24) is 5.32 Å². The Bertz CT molecular complexity index is 611. The minimum absolute atomic E-state index is 0.0442. The van der Waals surface area contributed by atoms with Gasteiger partial charge in [-0.25, -0.2) is 4.79 Å². The molecule has 21 heavy (non-hydrogen) atoms. The van der Waals surface area contributed by atoms with Crippen LogP contribution in [0.2, 0.25) is 0 Å². The number of nitrogens with one attached hydrogen (secondary N) is 1. The van der Waals surface area contributed by atoms with Crippen LogP contribution in [0.25, 0.3) is 0 Å². The molecule has 110 valence electrons. The fourth-order valence-electron chi connectivity index (χ4n) is 1.71. The van der Waals surface area contributed by atoms with Crippen LogP contribution in [0.5, 0.6) is 0 Å². The van der Waals surface area contributed by atoms with Crippen LogP contribution < -0.4 is 5.32 Å². The maximum absolute atomic E-state index is 11.7. The quantitative estimate of drug-likeness (QED) is 0.823. The van der Waals surface area contributed by atoms with Gasteiger partial charge in [-0.05, 0) is 29.1 Å². The number of thiophene rings is 1. The van der Waals surface area contributed by atoms with E-state index in [-0.39, 0.29) is 11.5 Å². The molecule has 0 aliphatic carbocycles. The molecule has 0 atom stereocenters. The molecule has 1 heterocycles. The fraction of sp³-hybridized carbons (Fsp3) is 0.200. The molecule has 0 aliphatic heterocycles. The first kappa shape index (κ1) is 15.6. The van der Waals surface area contributed by atoms with Gasteiger partial charge in [0.25, 0.3) is 0 Å². The van der Waals surface area contributed by atoms with Gasteiger partial charge in [0.2, 0.25) is 5.91 Å². The third-order valence-electron chi connectivity index (χ3n) is 2.72. The Balaban J connectivity index is 1.73. The Kier molecular flexibility index (Phi) is 5.83. The standard InChI is InChI=1S/C15H15NO3S2/c17-14(10-20-9-13-5-2-6-21-13)16-8-11-3-1-4-12(7-11)15(18)19/h1-7H,8-10H2,(H,16,17)(H,18,19). The van der Waals surface area contributed by atoms with Crippen molar-refractivity contribution in [1.29, 1.82) is 0 Å². The van der Waals surface area contributed by atoms with Crippen molar-refractivity contribution >= 4 is 35.0 Å². The van der Waals surface area contributed by atoms with Crippen molar-refractivity contribution in [2.75, 3.05) is 5.75 Å². The van der Waals surface area contributed by atoms with Gasteiger partial charge in [-0.2, -0.15) is 0 Å². The van der Waals surface area contributed by atoms with Crippen LogP contribution in [0.3, 0.4) is 0 Å². The molecule has 0 aliphatic rings. The second kappa shape index (κ2) is 7.85. The summed E-state index contributed by atoms with van der Waals surface area (Å²) in [5.41, 5.74) is 1.01. The highest BCUT2D eigenvalue weighted by Gasteiger charge is 2.05. The number of benzene rings is 1. The summed E-state index contributed by atoms with van der Waals surface area (Å²) in [4.78, 5) is 23.8. The Labute approximate surface area is 131 Å². The SMILES string of the molecule is O=C(CSCc1cccs1)NCc1cccc(C(=O)O)c1. The van der Waals surface area contributed by atoms with Crippen molar-refractivity contribution in [2.45, 2.75) is 12.3 Å². The Morgan fingerprint density at radius 3 is 2.81 bits per heavy atom. The Morgan fingerprint density at radius 2 is 2.10 bits per heavy atom. The minimum atomic E-state index is -0.963. The number of amides is 1. The summed E-state index contributed by atoms with van der Waals surface area (Å²) >= 11 is 3.25. The predicted molar refractivity (Wildman–Crippen MR) is 85.7 cm³/mol. The summed E-state index contributed by atoms with van der Waals surface area (Å²) in [7, 11) is 0. The number of carboxylic acids is 1. The average Bonchev–Trinajstić information content (AvgIpc) is 2.99. The highest BCUT2D eigenvalue weighted by molar-refractivity contribution is 7.99. The maximum Gasteiger partial charge on any atom is 0.335 e. The number of hydrogen-bond donors (Lipinski definition) is 2. The smallest absolute Gasteiger partial charge is 0.335 e. The number of thioether (sulfide) groups is 1. The molecule has 0 unspecified atom stereocenters.